The minimum absolute atomic E-state index is 0.119. The van der Waals surface area contributed by atoms with Crippen molar-refractivity contribution in [2.24, 2.45) is 0 Å². The number of halogens is 3. The Morgan fingerprint density at radius 2 is 2.04 bits per heavy atom. The van der Waals surface area contributed by atoms with Gasteiger partial charge in [0.15, 0.2) is 0 Å². The summed E-state index contributed by atoms with van der Waals surface area (Å²) >= 11 is -0.259. The normalized spacial score (nSPS) is 24.2. The average molecular weight is 409 g/mol. The van der Waals surface area contributed by atoms with Crippen LogP contribution in [0.5, 0.6) is 0 Å². The van der Waals surface area contributed by atoms with Gasteiger partial charge >= 0.3 is 5.51 Å². The molecule has 2 N–H and O–H groups in total. The van der Waals surface area contributed by atoms with Crippen LogP contribution < -0.4 is 10.6 Å². The second kappa shape index (κ2) is 6.48. The van der Waals surface area contributed by atoms with Crippen LogP contribution >= 0.6 is 11.8 Å². The number of aromatic nitrogens is 3. The Balaban J connectivity index is 1.53. The molecule has 2 aliphatic heterocycles. The largest absolute Gasteiger partial charge is 0.446 e. The molecule has 3 fully saturated rings. The van der Waals surface area contributed by atoms with Gasteiger partial charge < -0.3 is 15.4 Å². The van der Waals surface area contributed by atoms with Gasteiger partial charge in [0.05, 0.1) is 29.3 Å². The summed E-state index contributed by atoms with van der Waals surface area (Å²) in [6.45, 7) is 1.46. The summed E-state index contributed by atoms with van der Waals surface area (Å²) in [6.07, 6.45) is 4.74. The number of fused-ring (bicyclic) bond motifs is 2. The Bertz CT molecular complexity index is 921. The number of nitrogens with two attached hydrogens (primary N) is 1. The van der Waals surface area contributed by atoms with Crippen LogP contribution in [0.3, 0.4) is 0 Å². The number of hydrogen-bond donors (Lipinski definition) is 1. The highest BCUT2D eigenvalue weighted by molar-refractivity contribution is 8.00. The van der Waals surface area contributed by atoms with Crippen molar-refractivity contribution in [2.45, 2.75) is 47.7 Å². The fraction of sp³-hybridized carbons (Fsp3) is 0.500. The van der Waals surface area contributed by atoms with Gasteiger partial charge in [0.25, 0.3) is 0 Å². The number of rotatable bonds is 4. The molecular formula is C18H18F3N5OS. The summed E-state index contributed by atoms with van der Waals surface area (Å²) < 4.78 is 44.1. The maximum absolute atomic E-state index is 12.8. The van der Waals surface area contributed by atoms with Crippen molar-refractivity contribution in [2.75, 3.05) is 23.8 Å². The van der Waals surface area contributed by atoms with Gasteiger partial charge in [-0.25, -0.2) is 15.0 Å². The van der Waals surface area contributed by atoms with Crippen molar-refractivity contribution in [3.63, 3.8) is 0 Å². The smallest absolute Gasteiger partial charge is 0.383 e. The number of anilines is 2. The van der Waals surface area contributed by atoms with E-state index in [1.165, 1.54) is 12.3 Å². The monoisotopic (exact) mass is 409 g/mol. The van der Waals surface area contributed by atoms with Gasteiger partial charge in [0.2, 0.25) is 0 Å². The maximum atomic E-state index is 12.8. The molecule has 5 rings (SSSR count). The Morgan fingerprint density at radius 3 is 2.68 bits per heavy atom. The first-order valence-electron chi connectivity index (χ1n) is 9.14. The maximum Gasteiger partial charge on any atom is 0.446 e. The van der Waals surface area contributed by atoms with Crippen molar-refractivity contribution in [3.8, 4) is 11.3 Å². The molecule has 2 atom stereocenters. The molecule has 0 aromatic carbocycles. The molecule has 0 amide bonds. The van der Waals surface area contributed by atoms with Crippen molar-refractivity contribution in [3.05, 3.63) is 24.2 Å². The third-order valence-electron chi connectivity index (χ3n) is 5.27. The lowest BCUT2D eigenvalue weighted by Crippen LogP contribution is -2.37. The second-order valence-corrected chi connectivity index (χ2v) is 8.50. The van der Waals surface area contributed by atoms with E-state index in [2.05, 4.69) is 14.9 Å². The quantitative estimate of drug-likeness (QED) is 0.774. The zero-order valence-corrected chi connectivity index (χ0v) is 15.6. The van der Waals surface area contributed by atoms with E-state index in [-0.39, 0.29) is 28.6 Å². The summed E-state index contributed by atoms with van der Waals surface area (Å²) in [5.74, 6) is 1.74. The summed E-state index contributed by atoms with van der Waals surface area (Å²) in [4.78, 5) is 15.4. The summed E-state index contributed by atoms with van der Waals surface area (Å²) in [5, 5.41) is 0. The molecule has 4 heterocycles. The molecule has 10 heteroatoms. The average Bonchev–Trinajstić information content (AvgIpc) is 3.29. The van der Waals surface area contributed by atoms with Crippen LogP contribution in [0, 0.1) is 0 Å². The highest BCUT2D eigenvalue weighted by Crippen LogP contribution is 2.43. The summed E-state index contributed by atoms with van der Waals surface area (Å²) in [7, 11) is 0. The molecule has 0 radical (unpaired) electrons. The van der Waals surface area contributed by atoms with Gasteiger partial charge in [-0.1, -0.05) is 0 Å². The van der Waals surface area contributed by atoms with E-state index in [0.29, 0.717) is 29.8 Å². The standard InChI is InChI=1S/C18H18F3N5OS/c19-18(20,21)28-14-3-10(6-23-16(14)22)13-5-15(25-17(24-13)9-1-2-9)26-7-12-4-11(26)8-27-12/h3,5-6,9,11-12H,1-2,4,7-8H2,(H2,22,23)/t11-,12-/m0/s1. The van der Waals surface area contributed by atoms with E-state index in [0.717, 1.165) is 37.4 Å². The first kappa shape index (κ1) is 18.0. The van der Waals surface area contributed by atoms with Gasteiger partial charge in [-0.05, 0) is 37.1 Å². The number of nitrogen functional groups attached to an aromatic ring is 1. The molecule has 2 aromatic heterocycles. The van der Waals surface area contributed by atoms with Crippen LogP contribution in [-0.2, 0) is 4.74 Å². The van der Waals surface area contributed by atoms with Gasteiger partial charge in [-0.15, -0.1) is 0 Å². The highest BCUT2D eigenvalue weighted by atomic mass is 32.2. The van der Waals surface area contributed by atoms with Gasteiger partial charge in [-0.3, -0.25) is 0 Å². The number of pyridine rings is 1. The third kappa shape index (κ3) is 3.50. The molecule has 28 heavy (non-hydrogen) atoms. The van der Waals surface area contributed by atoms with E-state index in [1.54, 1.807) is 0 Å². The molecule has 1 saturated carbocycles. The predicted octanol–water partition coefficient (Wildman–Crippen LogP) is 3.59. The zero-order valence-electron chi connectivity index (χ0n) is 14.8. The number of alkyl halides is 3. The van der Waals surface area contributed by atoms with Crippen molar-refractivity contribution in [1.82, 2.24) is 15.0 Å². The molecule has 2 aromatic rings. The lowest BCUT2D eigenvalue weighted by atomic mass is 10.2. The van der Waals surface area contributed by atoms with Crippen molar-refractivity contribution in [1.29, 1.82) is 0 Å². The Morgan fingerprint density at radius 1 is 1.21 bits per heavy atom. The predicted molar refractivity (Wildman–Crippen MR) is 99.1 cm³/mol. The number of morpholine rings is 1. The second-order valence-electron chi connectivity index (χ2n) is 7.40. The van der Waals surface area contributed by atoms with E-state index < -0.39 is 5.51 Å². The molecular weight excluding hydrogens is 391 g/mol. The minimum atomic E-state index is -4.43. The number of hydrogen-bond acceptors (Lipinski definition) is 7. The van der Waals surface area contributed by atoms with Crippen LogP contribution in [0.2, 0.25) is 0 Å². The molecule has 0 spiro atoms. The summed E-state index contributed by atoms with van der Waals surface area (Å²) in [6, 6.07) is 3.53. The minimum Gasteiger partial charge on any atom is -0.383 e. The zero-order chi connectivity index (χ0) is 19.5. The molecule has 0 unspecified atom stereocenters. The Hall–Kier alpha value is -2.07. The lowest BCUT2D eigenvalue weighted by Gasteiger charge is -2.28. The third-order valence-corrected chi connectivity index (χ3v) is 6.05. The van der Waals surface area contributed by atoms with Crippen LogP contribution in [0.25, 0.3) is 11.3 Å². The topological polar surface area (TPSA) is 77.2 Å². The fourth-order valence-corrected chi connectivity index (χ4v) is 4.35. The van der Waals surface area contributed by atoms with Gasteiger partial charge in [0, 0.05) is 30.3 Å². The first-order valence-corrected chi connectivity index (χ1v) is 9.96. The van der Waals surface area contributed by atoms with Crippen LogP contribution in [0.4, 0.5) is 24.8 Å². The Labute approximate surface area is 163 Å². The number of thioether (sulfide) groups is 1. The number of nitrogens with zero attached hydrogens (tertiary/aromatic N) is 4. The number of ether oxygens (including phenoxy) is 1. The Kier molecular flexibility index (Phi) is 4.16. The van der Waals surface area contributed by atoms with Crippen molar-refractivity contribution < 1.29 is 17.9 Å². The van der Waals surface area contributed by atoms with E-state index in [4.69, 9.17) is 15.5 Å². The molecule has 2 bridgehead atoms. The van der Waals surface area contributed by atoms with E-state index >= 15 is 0 Å². The molecule has 6 nitrogen and oxygen atoms in total. The lowest BCUT2D eigenvalue weighted by molar-refractivity contribution is -0.0328. The van der Waals surface area contributed by atoms with Gasteiger partial charge in [0.1, 0.15) is 17.5 Å². The fourth-order valence-electron chi connectivity index (χ4n) is 3.75. The van der Waals surface area contributed by atoms with Crippen molar-refractivity contribution >= 4 is 23.4 Å². The highest BCUT2D eigenvalue weighted by Gasteiger charge is 2.40. The molecule has 2 saturated heterocycles. The molecule has 148 valence electrons. The molecule has 1 aliphatic carbocycles. The van der Waals surface area contributed by atoms with Crippen LogP contribution in [0.15, 0.2) is 23.2 Å². The molecule has 3 aliphatic rings. The first-order chi connectivity index (χ1) is 13.4. The van der Waals surface area contributed by atoms with E-state index in [9.17, 15) is 13.2 Å². The SMILES string of the molecule is Nc1ncc(-c2cc(N3C[C@@H]4C[C@H]3CO4)nc(C3CC3)n2)cc1SC(F)(F)F. The van der Waals surface area contributed by atoms with Crippen LogP contribution in [-0.4, -0.2) is 45.8 Å². The van der Waals surface area contributed by atoms with Crippen LogP contribution in [0.1, 0.15) is 31.0 Å². The van der Waals surface area contributed by atoms with Gasteiger partial charge in [-0.2, -0.15) is 13.2 Å². The van der Waals surface area contributed by atoms with E-state index in [1.807, 2.05) is 6.07 Å². The summed E-state index contributed by atoms with van der Waals surface area (Å²) in [5.41, 5.74) is 2.30.